The monoisotopic (exact) mass is 594 g/mol. The lowest BCUT2D eigenvalue weighted by Crippen LogP contribution is -2.46. The second kappa shape index (κ2) is 12.5. The van der Waals surface area contributed by atoms with Crippen LogP contribution in [-0.2, 0) is 17.9 Å². The van der Waals surface area contributed by atoms with Gasteiger partial charge in [0.25, 0.3) is 5.91 Å². The minimum atomic E-state index is -0.666. The summed E-state index contributed by atoms with van der Waals surface area (Å²) in [7, 11) is 0. The number of unbranched alkanes of at least 4 members (excludes halogenated alkanes) is 2. The van der Waals surface area contributed by atoms with E-state index in [0.717, 1.165) is 6.20 Å². The Balaban J connectivity index is 1.09. The number of carbonyl (C=O) groups excluding carboxylic acids is 2. The van der Waals surface area contributed by atoms with E-state index in [1.54, 1.807) is 15.5 Å². The summed E-state index contributed by atoms with van der Waals surface area (Å²) >= 11 is 0. The molecule has 43 heavy (non-hydrogen) atoms. The Hall–Kier alpha value is -4.88. The molecule has 12 nitrogen and oxygen atoms in total. The predicted molar refractivity (Wildman–Crippen MR) is 154 cm³/mol. The molecule has 0 spiro atoms. The molecule has 1 aliphatic heterocycles. The Morgan fingerprint density at radius 2 is 1.95 bits per heavy atom. The van der Waals surface area contributed by atoms with Crippen molar-refractivity contribution < 1.29 is 23.5 Å². The second-order valence-corrected chi connectivity index (χ2v) is 10.6. The molecule has 0 saturated heterocycles. The first-order valence-corrected chi connectivity index (χ1v) is 14.1. The van der Waals surface area contributed by atoms with E-state index in [1.807, 2.05) is 13.8 Å². The molecule has 226 valence electrons. The number of aromatic nitrogens is 5. The lowest BCUT2D eigenvalue weighted by molar-refractivity contribution is -0.121. The van der Waals surface area contributed by atoms with Gasteiger partial charge in [0.15, 0.2) is 28.9 Å². The Bertz CT molecular complexity index is 1740. The molecule has 1 aromatic carbocycles. The van der Waals surface area contributed by atoms with Gasteiger partial charge in [0.05, 0.1) is 18.3 Å². The fourth-order valence-corrected chi connectivity index (χ4v) is 5.08. The molecule has 0 fully saturated rings. The van der Waals surface area contributed by atoms with Gasteiger partial charge in [-0.05, 0) is 44.9 Å². The summed E-state index contributed by atoms with van der Waals surface area (Å²) in [6, 6.07) is 5.33. The molecule has 5 rings (SSSR count). The number of fused-ring (bicyclic) bond motifs is 2. The van der Waals surface area contributed by atoms with Crippen LogP contribution in [-0.4, -0.2) is 65.7 Å². The fourth-order valence-electron chi connectivity index (χ4n) is 5.08. The number of pyridine rings is 1. The van der Waals surface area contributed by atoms with Crippen LogP contribution in [0.4, 0.5) is 14.6 Å². The van der Waals surface area contributed by atoms with Crippen molar-refractivity contribution in [3.8, 4) is 17.3 Å². The Kier molecular flexibility index (Phi) is 8.64. The summed E-state index contributed by atoms with van der Waals surface area (Å²) in [5, 5.41) is 23.4. The van der Waals surface area contributed by atoms with Gasteiger partial charge in [-0.2, -0.15) is 5.10 Å². The van der Waals surface area contributed by atoms with Crippen molar-refractivity contribution in [1.29, 1.82) is 0 Å². The first-order valence-electron chi connectivity index (χ1n) is 14.1. The summed E-state index contributed by atoms with van der Waals surface area (Å²) in [5.74, 6) is -2.14. The number of rotatable bonds is 11. The van der Waals surface area contributed by atoms with E-state index in [4.69, 9.17) is 0 Å². The van der Waals surface area contributed by atoms with Gasteiger partial charge >= 0.3 is 0 Å². The number of benzene rings is 1. The standard InChI is InChI=1S/C29H32F2N8O4/c1-16(2)38-10-11-39-18(13-22(40)26(42)25(39)29(38)43)14-33-23(41)6-4-3-5-9-32-27-20(31)15-34-28(35-27)24-19-12-17(30)7-8-21(19)36-37-24/h7-8,12-13,15-16,42H,3-6,9-11,14H2,1-2H3,(H,33,41)(H,36,37)(H,32,34,35). The van der Waals surface area contributed by atoms with Gasteiger partial charge in [0.2, 0.25) is 11.3 Å². The van der Waals surface area contributed by atoms with Crippen LogP contribution in [0.2, 0.25) is 0 Å². The molecule has 4 heterocycles. The van der Waals surface area contributed by atoms with Gasteiger partial charge < -0.3 is 25.2 Å². The molecule has 3 aromatic heterocycles. The van der Waals surface area contributed by atoms with Crippen LogP contribution >= 0.6 is 0 Å². The van der Waals surface area contributed by atoms with E-state index in [0.29, 0.717) is 61.2 Å². The Morgan fingerprint density at radius 1 is 1.14 bits per heavy atom. The summed E-state index contributed by atoms with van der Waals surface area (Å²) in [4.78, 5) is 47.5. The van der Waals surface area contributed by atoms with E-state index in [1.165, 1.54) is 18.2 Å². The molecule has 14 heteroatoms. The number of anilines is 1. The number of aromatic hydroxyl groups is 1. The van der Waals surface area contributed by atoms with E-state index >= 15 is 0 Å². The van der Waals surface area contributed by atoms with Gasteiger partial charge in [-0.15, -0.1) is 0 Å². The average Bonchev–Trinajstić information content (AvgIpc) is 3.39. The molecule has 0 saturated carbocycles. The number of H-pyrrole nitrogens is 1. The maximum atomic E-state index is 14.3. The summed E-state index contributed by atoms with van der Waals surface area (Å²) in [5.41, 5.74) is 0.646. The minimum absolute atomic E-state index is 0.00207. The molecule has 0 unspecified atom stereocenters. The van der Waals surface area contributed by atoms with Gasteiger partial charge in [0.1, 0.15) is 11.5 Å². The third-order valence-electron chi connectivity index (χ3n) is 7.34. The normalized spacial score (nSPS) is 13.0. The van der Waals surface area contributed by atoms with Gasteiger partial charge in [-0.25, -0.2) is 18.7 Å². The van der Waals surface area contributed by atoms with E-state index in [-0.39, 0.29) is 42.3 Å². The van der Waals surface area contributed by atoms with Crippen LogP contribution < -0.4 is 16.1 Å². The first kappa shape index (κ1) is 29.6. The number of carbonyl (C=O) groups is 2. The zero-order valence-electron chi connectivity index (χ0n) is 23.8. The molecule has 4 N–H and O–H groups in total. The quantitative estimate of drug-likeness (QED) is 0.193. The Morgan fingerprint density at radius 3 is 2.74 bits per heavy atom. The number of amides is 2. The van der Waals surface area contributed by atoms with Crippen molar-refractivity contribution >= 4 is 28.5 Å². The lowest BCUT2D eigenvalue weighted by Gasteiger charge is -2.34. The number of hydrogen-bond donors (Lipinski definition) is 4. The minimum Gasteiger partial charge on any atom is -0.503 e. The number of nitrogens with one attached hydrogen (secondary N) is 3. The number of halogens is 2. The highest BCUT2D eigenvalue weighted by Crippen LogP contribution is 2.26. The molecular formula is C29H32F2N8O4. The summed E-state index contributed by atoms with van der Waals surface area (Å²) in [6.07, 6.45) is 3.16. The number of aromatic amines is 1. The lowest BCUT2D eigenvalue weighted by atomic mass is 10.1. The van der Waals surface area contributed by atoms with Crippen molar-refractivity contribution in [2.45, 2.75) is 58.7 Å². The predicted octanol–water partition coefficient (Wildman–Crippen LogP) is 3.32. The van der Waals surface area contributed by atoms with E-state index in [9.17, 15) is 28.3 Å². The van der Waals surface area contributed by atoms with Crippen LogP contribution in [0.15, 0.2) is 35.3 Å². The van der Waals surface area contributed by atoms with E-state index < -0.39 is 28.7 Å². The highest BCUT2D eigenvalue weighted by atomic mass is 19.1. The molecular weight excluding hydrogens is 562 g/mol. The molecule has 0 atom stereocenters. The van der Waals surface area contributed by atoms with Crippen LogP contribution in [0.25, 0.3) is 22.4 Å². The maximum Gasteiger partial charge on any atom is 0.274 e. The molecule has 0 bridgehead atoms. The Labute approximate surface area is 245 Å². The SMILES string of the molecule is CC(C)N1CCn2c(CNC(=O)CCCCCNc3nc(-c4n[nH]c5ccc(F)cc45)ncc3F)cc(=O)c(O)c2C1=O. The van der Waals surface area contributed by atoms with Crippen molar-refractivity contribution in [2.24, 2.45) is 0 Å². The van der Waals surface area contributed by atoms with Crippen molar-refractivity contribution in [2.75, 3.05) is 18.4 Å². The van der Waals surface area contributed by atoms with Crippen LogP contribution in [0, 0.1) is 11.6 Å². The first-order chi connectivity index (χ1) is 20.6. The van der Waals surface area contributed by atoms with Crippen LogP contribution in [0.1, 0.15) is 55.7 Å². The molecule has 0 radical (unpaired) electrons. The molecule has 4 aromatic rings. The van der Waals surface area contributed by atoms with Crippen molar-refractivity contribution in [1.82, 2.24) is 34.9 Å². The van der Waals surface area contributed by atoms with Crippen LogP contribution in [0.5, 0.6) is 5.75 Å². The third kappa shape index (κ3) is 6.32. The van der Waals surface area contributed by atoms with Gasteiger partial charge in [-0.3, -0.25) is 19.5 Å². The van der Waals surface area contributed by atoms with E-state index in [2.05, 4.69) is 30.8 Å². The highest BCUT2D eigenvalue weighted by molar-refractivity contribution is 5.96. The number of nitrogens with zero attached hydrogens (tertiary/aromatic N) is 5. The van der Waals surface area contributed by atoms with Crippen molar-refractivity contribution in [3.05, 3.63) is 63.7 Å². The summed E-state index contributed by atoms with van der Waals surface area (Å²) in [6.45, 7) is 5.00. The largest absolute Gasteiger partial charge is 0.503 e. The fraction of sp³-hybridized carbons (Fsp3) is 0.379. The number of hydrogen-bond acceptors (Lipinski definition) is 8. The zero-order chi connectivity index (χ0) is 30.7. The second-order valence-electron chi connectivity index (χ2n) is 10.6. The topological polar surface area (TPSA) is 158 Å². The zero-order valence-corrected chi connectivity index (χ0v) is 23.8. The van der Waals surface area contributed by atoms with Crippen molar-refractivity contribution in [3.63, 3.8) is 0 Å². The smallest absolute Gasteiger partial charge is 0.274 e. The van der Waals surface area contributed by atoms with Gasteiger partial charge in [0, 0.05) is 49.2 Å². The van der Waals surface area contributed by atoms with Crippen LogP contribution in [0.3, 0.4) is 0 Å². The molecule has 2 amide bonds. The summed E-state index contributed by atoms with van der Waals surface area (Å²) < 4.78 is 29.6. The maximum absolute atomic E-state index is 14.3. The average molecular weight is 595 g/mol. The molecule has 1 aliphatic rings. The highest BCUT2D eigenvalue weighted by Gasteiger charge is 2.31. The molecule has 0 aliphatic carbocycles. The third-order valence-corrected chi connectivity index (χ3v) is 7.34. The van der Waals surface area contributed by atoms with Gasteiger partial charge in [-0.1, -0.05) is 6.42 Å².